The molecule has 0 aliphatic heterocycles. The molecule has 0 amide bonds. The van der Waals surface area contributed by atoms with Crippen molar-refractivity contribution in [1.29, 1.82) is 0 Å². The number of unbranched alkanes of at least 4 members (excludes halogenated alkanes) is 3. The summed E-state index contributed by atoms with van der Waals surface area (Å²) in [7, 11) is 4.14. The van der Waals surface area contributed by atoms with Crippen LogP contribution in [0.3, 0.4) is 0 Å². The zero-order chi connectivity index (χ0) is 17.6. The topological polar surface area (TPSA) is 62.9 Å². The maximum atomic E-state index is 5.88. The molecule has 0 aliphatic rings. The van der Waals surface area contributed by atoms with Gasteiger partial charge < -0.3 is 20.7 Å². The normalized spacial score (nSPS) is 11.8. The molecule has 0 heterocycles. The summed E-state index contributed by atoms with van der Waals surface area (Å²) in [6.45, 7) is 5.48. The van der Waals surface area contributed by atoms with Gasteiger partial charge in [-0.3, -0.25) is 0 Å². The fourth-order valence-electron chi connectivity index (χ4n) is 2.26. The number of nitrogens with two attached hydrogens (primary N) is 1. The molecule has 0 aliphatic carbocycles. The van der Waals surface area contributed by atoms with Crippen LogP contribution >= 0.6 is 0 Å². The third-order valence-corrected chi connectivity index (χ3v) is 3.71. The molecule has 0 radical (unpaired) electrons. The maximum absolute atomic E-state index is 5.88. The molecule has 136 valence electrons. The van der Waals surface area contributed by atoms with Crippen LogP contribution in [0.4, 0.5) is 0 Å². The van der Waals surface area contributed by atoms with Crippen molar-refractivity contribution in [2.24, 2.45) is 10.7 Å². The Labute approximate surface area is 147 Å². The summed E-state index contributed by atoms with van der Waals surface area (Å²) in [5, 5.41) is 3.17. The molecule has 1 rings (SSSR count). The van der Waals surface area contributed by atoms with Crippen LogP contribution in [-0.4, -0.2) is 44.7 Å². The number of hydrogen-bond acceptors (Lipinski definition) is 3. The predicted octanol–water partition coefficient (Wildman–Crippen LogP) is 3.00. The van der Waals surface area contributed by atoms with E-state index < -0.39 is 0 Å². The van der Waals surface area contributed by atoms with Crippen LogP contribution in [0.2, 0.25) is 0 Å². The molecular weight excluding hydrogens is 300 g/mol. The first-order chi connectivity index (χ1) is 11.6. The quantitative estimate of drug-likeness (QED) is 0.350. The second-order valence-electron chi connectivity index (χ2n) is 6.34. The molecule has 0 spiro atoms. The van der Waals surface area contributed by atoms with Crippen molar-refractivity contribution in [3.05, 3.63) is 29.8 Å². The minimum absolute atomic E-state index is 0.524. The van der Waals surface area contributed by atoms with Gasteiger partial charge in [-0.1, -0.05) is 38.3 Å². The summed E-state index contributed by atoms with van der Waals surface area (Å²) < 4.78 is 5.72. The van der Waals surface area contributed by atoms with E-state index in [9.17, 15) is 0 Å². The van der Waals surface area contributed by atoms with E-state index in [1.165, 1.54) is 19.3 Å². The first kappa shape index (κ1) is 20.3. The number of hydrogen-bond donors (Lipinski definition) is 2. The summed E-state index contributed by atoms with van der Waals surface area (Å²) in [4.78, 5) is 6.53. The van der Waals surface area contributed by atoms with Gasteiger partial charge in [0, 0.05) is 13.1 Å². The van der Waals surface area contributed by atoms with Crippen molar-refractivity contribution in [3.8, 4) is 5.75 Å². The third kappa shape index (κ3) is 10.1. The SMILES string of the molecule is CCCCCCNC(N)=NCc1ccc(OCCCN(C)C)cc1. The Hall–Kier alpha value is -1.75. The monoisotopic (exact) mass is 334 g/mol. The highest BCUT2D eigenvalue weighted by Crippen LogP contribution is 2.13. The molecule has 0 aromatic heterocycles. The first-order valence-corrected chi connectivity index (χ1v) is 9.02. The Balaban J connectivity index is 2.24. The summed E-state index contributed by atoms with van der Waals surface area (Å²) in [6, 6.07) is 8.07. The summed E-state index contributed by atoms with van der Waals surface area (Å²) in [5.74, 6) is 1.43. The number of aliphatic imine (C=N–C) groups is 1. The van der Waals surface area contributed by atoms with Gasteiger partial charge in [0.25, 0.3) is 0 Å². The molecule has 0 fully saturated rings. The van der Waals surface area contributed by atoms with Gasteiger partial charge in [0.1, 0.15) is 5.75 Å². The first-order valence-electron chi connectivity index (χ1n) is 9.02. The average Bonchev–Trinajstić information content (AvgIpc) is 2.57. The van der Waals surface area contributed by atoms with Crippen LogP contribution in [0.15, 0.2) is 29.3 Å². The van der Waals surface area contributed by atoms with Gasteiger partial charge in [-0.25, -0.2) is 4.99 Å². The fraction of sp³-hybridized carbons (Fsp3) is 0.632. The van der Waals surface area contributed by atoms with E-state index in [2.05, 4.69) is 36.2 Å². The number of nitrogens with zero attached hydrogens (tertiary/aromatic N) is 2. The molecule has 0 atom stereocenters. The predicted molar refractivity (Wildman–Crippen MR) is 103 cm³/mol. The molecule has 0 saturated heterocycles. The largest absolute Gasteiger partial charge is 0.494 e. The van der Waals surface area contributed by atoms with Crippen molar-refractivity contribution in [2.45, 2.75) is 45.6 Å². The Kier molecular flexibility index (Phi) is 10.7. The van der Waals surface area contributed by atoms with E-state index in [-0.39, 0.29) is 0 Å². The Morgan fingerprint density at radius 1 is 1.12 bits per heavy atom. The molecule has 5 heteroatoms. The number of nitrogens with one attached hydrogen (secondary N) is 1. The van der Waals surface area contributed by atoms with Gasteiger partial charge in [-0.2, -0.15) is 0 Å². The molecule has 0 unspecified atom stereocenters. The van der Waals surface area contributed by atoms with Crippen molar-refractivity contribution in [2.75, 3.05) is 33.8 Å². The van der Waals surface area contributed by atoms with E-state index in [1.807, 2.05) is 24.3 Å². The minimum atomic E-state index is 0.524. The highest BCUT2D eigenvalue weighted by molar-refractivity contribution is 5.77. The Bertz CT molecular complexity index is 457. The fourth-order valence-corrected chi connectivity index (χ4v) is 2.26. The highest BCUT2D eigenvalue weighted by atomic mass is 16.5. The Morgan fingerprint density at radius 3 is 2.54 bits per heavy atom. The van der Waals surface area contributed by atoms with Crippen molar-refractivity contribution in [1.82, 2.24) is 10.2 Å². The van der Waals surface area contributed by atoms with Gasteiger partial charge in [-0.15, -0.1) is 0 Å². The van der Waals surface area contributed by atoms with Gasteiger partial charge in [0.2, 0.25) is 0 Å². The van der Waals surface area contributed by atoms with Crippen molar-refractivity contribution < 1.29 is 4.74 Å². The van der Waals surface area contributed by atoms with Gasteiger partial charge in [-0.05, 0) is 44.6 Å². The van der Waals surface area contributed by atoms with Gasteiger partial charge in [0.15, 0.2) is 5.96 Å². The third-order valence-electron chi connectivity index (χ3n) is 3.71. The lowest BCUT2D eigenvalue weighted by Gasteiger charge is -2.10. The van der Waals surface area contributed by atoms with Gasteiger partial charge in [0.05, 0.1) is 13.2 Å². The Morgan fingerprint density at radius 2 is 1.88 bits per heavy atom. The van der Waals surface area contributed by atoms with Crippen LogP contribution in [0.1, 0.15) is 44.6 Å². The van der Waals surface area contributed by atoms with E-state index >= 15 is 0 Å². The highest BCUT2D eigenvalue weighted by Gasteiger charge is 1.97. The van der Waals surface area contributed by atoms with E-state index in [4.69, 9.17) is 10.5 Å². The lowest BCUT2D eigenvalue weighted by atomic mass is 10.2. The molecule has 5 nitrogen and oxygen atoms in total. The second kappa shape index (κ2) is 12.6. The van der Waals surface area contributed by atoms with Gasteiger partial charge >= 0.3 is 0 Å². The average molecular weight is 335 g/mol. The molecular formula is C19H34N4O. The van der Waals surface area contributed by atoms with Crippen molar-refractivity contribution in [3.63, 3.8) is 0 Å². The molecule has 0 saturated carbocycles. The zero-order valence-corrected chi connectivity index (χ0v) is 15.6. The van der Waals surface area contributed by atoms with Crippen molar-refractivity contribution >= 4 is 5.96 Å². The number of ether oxygens (including phenoxy) is 1. The standard InChI is InChI=1S/C19H34N4O/c1-4-5-6-7-13-21-19(20)22-16-17-9-11-18(12-10-17)24-15-8-14-23(2)3/h9-12H,4-8,13-16H2,1-3H3,(H3,20,21,22). The number of rotatable bonds is 12. The molecule has 24 heavy (non-hydrogen) atoms. The lowest BCUT2D eigenvalue weighted by molar-refractivity contribution is 0.281. The smallest absolute Gasteiger partial charge is 0.188 e. The van der Waals surface area contributed by atoms with Crippen LogP contribution in [0, 0.1) is 0 Å². The summed E-state index contributed by atoms with van der Waals surface area (Å²) in [5.41, 5.74) is 7.01. The number of guanidine groups is 1. The minimum Gasteiger partial charge on any atom is -0.494 e. The zero-order valence-electron chi connectivity index (χ0n) is 15.6. The van der Waals surface area contributed by atoms with Crippen LogP contribution < -0.4 is 15.8 Å². The molecule has 1 aromatic rings. The molecule has 0 bridgehead atoms. The summed E-state index contributed by atoms with van der Waals surface area (Å²) in [6.07, 6.45) is 5.94. The van der Waals surface area contributed by atoms with E-state index in [1.54, 1.807) is 0 Å². The maximum Gasteiger partial charge on any atom is 0.188 e. The van der Waals surface area contributed by atoms with Crippen LogP contribution in [-0.2, 0) is 6.54 Å². The molecule has 3 N–H and O–H groups in total. The number of benzene rings is 1. The van der Waals surface area contributed by atoms with E-state index in [0.717, 1.165) is 43.9 Å². The molecule has 1 aromatic carbocycles. The van der Waals surface area contributed by atoms with Crippen LogP contribution in [0.25, 0.3) is 0 Å². The van der Waals surface area contributed by atoms with Crippen LogP contribution in [0.5, 0.6) is 5.75 Å². The van der Waals surface area contributed by atoms with E-state index in [0.29, 0.717) is 12.5 Å². The summed E-state index contributed by atoms with van der Waals surface area (Å²) >= 11 is 0. The second-order valence-corrected chi connectivity index (χ2v) is 6.34. The lowest BCUT2D eigenvalue weighted by Crippen LogP contribution is -2.32.